The molecule has 27 heavy (non-hydrogen) atoms. The van der Waals surface area contributed by atoms with Gasteiger partial charge in [0.1, 0.15) is 0 Å². The zero-order valence-electron chi connectivity index (χ0n) is 14.7. The predicted molar refractivity (Wildman–Crippen MR) is 114 cm³/mol. The maximum absolute atomic E-state index is 12.3. The molecular weight excluding hydrogens is 448 g/mol. The smallest absolute Gasteiger partial charge is 0.234 e. The molecule has 2 aromatic carbocycles. The van der Waals surface area contributed by atoms with Crippen LogP contribution in [0, 0.1) is 0 Å². The van der Waals surface area contributed by atoms with Crippen molar-refractivity contribution in [2.24, 2.45) is 0 Å². The number of rotatable bonds is 7. The highest BCUT2D eigenvalue weighted by molar-refractivity contribution is 9.10. The Hall–Kier alpha value is -1.83. The van der Waals surface area contributed by atoms with Crippen molar-refractivity contribution in [2.45, 2.75) is 25.0 Å². The van der Waals surface area contributed by atoms with Gasteiger partial charge in [-0.15, -0.1) is 10.2 Å². The minimum absolute atomic E-state index is 0.142. The van der Waals surface area contributed by atoms with Crippen LogP contribution in [0.2, 0.25) is 5.02 Å². The van der Waals surface area contributed by atoms with Crippen LogP contribution in [0.3, 0.4) is 0 Å². The highest BCUT2D eigenvalue weighted by Gasteiger charge is 2.15. The number of hydrogen-bond acceptors (Lipinski definition) is 4. The minimum atomic E-state index is -0.142. The SMILES string of the molecule is CCCn1c(SCC(=O)Nc2ccc(Br)cc2Cl)nnc1-c1ccccc1. The molecule has 0 atom stereocenters. The van der Waals surface area contributed by atoms with Crippen LogP contribution in [-0.2, 0) is 11.3 Å². The van der Waals surface area contributed by atoms with Crippen molar-refractivity contribution in [1.82, 2.24) is 14.8 Å². The lowest BCUT2D eigenvalue weighted by atomic mass is 10.2. The molecule has 1 aromatic heterocycles. The zero-order valence-corrected chi connectivity index (χ0v) is 17.8. The molecule has 3 aromatic rings. The first-order valence-corrected chi connectivity index (χ1v) is 10.6. The lowest BCUT2D eigenvalue weighted by molar-refractivity contribution is -0.113. The number of nitrogens with zero attached hydrogens (tertiary/aromatic N) is 3. The minimum Gasteiger partial charge on any atom is -0.324 e. The average molecular weight is 466 g/mol. The summed E-state index contributed by atoms with van der Waals surface area (Å²) in [7, 11) is 0. The largest absolute Gasteiger partial charge is 0.324 e. The van der Waals surface area contributed by atoms with E-state index in [0.29, 0.717) is 10.7 Å². The Morgan fingerprint density at radius 1 is 1.22 bits per heavy atom. The molecule has 0 aliphatic rings. The van der Waals surface area contributed by atoms with Gasteiger partial charge in [0.25, 0.3) is 0 Å². The molecule has 140 valence electrons. The first-order valence-electron chi connectivity index (χ1n) is 8.44. The summed E-state index contributed by atoms with van der Waals surface area (Å²) in [5.74, 6) is 0.899. The molecule has 0 fully saturated rings. The van der Waals surface area contributed by atoms with E-state index in [1.165, 1.54) is 11.8 Å². The van der Waals surface area contributed by atoms with Crippen molar-refractivity contribution < 1.29 is 4.79 Å². The topological polar surface area (TPSA) is 59.8 Å². The monoisotopic (exact) mass is 464 g/mol. The Balaban J connectivity index is 1.70. The van der Waals surface area contributed by atoms with Crippen LogP contribution in [0.15, 0.2) is 58.2 Å². The summed E-state index contributed by atoms with van der Waals surface area (Å²) in [4.78, 5) is 12.3. The van der Waals surface area contributed by atoms with Crippen LogP contribution in [0.5, 0.6) is 0 Å². The third kappa shape index (κ3) is 5.12. The first-order chi connectivity index (χ1) is 13.1. The zero-order chi connectivity index (χ0) is 19.2. The van der Waals surface area contributed by atoms with E-state index in [0.717, 1.165) is 34.0 Å². The molecule has 8 heteroatoms. The Morgan fingerprint density at radius 3 is 2.70 bits per heavy atom. The summed E-state index contributed by atoms with van der Waals surface area (Å²) in [6.07, 6.45) is 0.951. The van der Waals surface area contributed by atoms with E-state index in [9.17, 15) is 4.79 Å². The molecule has 0 saturated heterocycles. The van der Waals surface area contributed by atoms with Gasteiger partial charge in [-0.25, -0.2) is 0 Å². The quantitative estimate of drug-likeness (QED) is 0.468. The van der Waals surface area contributed by atoms with Crippen molar-refractivity contribution in [3.63, 3.8) is 0 Å². The predicted octanol–water partition coefficient (Wildman–Crippen LogP) is 5.50. The normalized spacial score (nSPS) is 10.8. The summed E-state index contributed by atoms with van der Waals surface area (Å²) >= 11 is 10.9. The Bertz CT molecular complexity index is 933. The number of halogens is 2. The van der Waals surface area contributed by atoms with E-state index >= 15 is 0 Å². The molecule has 1 amide bonds. The number of amides is 1. The summed E-state index contributed by atoms with van der Waals surface area (Å²) in [5, 5.41) is 12.7. The van der Waals surface area contributed by atoms with E-state index in [1.54, 1.807) is 12.1 Å². The van der Waals surface area contributed by atoms with Gasteiger partial charge in [0.15, 0.2) is 11.0 Å². The van der Waals surface area contributed by atoms with Gasteiger partial charge < -0.3 is 9.88 Å². The van der Waals surface area contributed by atoms with E-state index < -0.39 is 0 Å². The van der Waals surface area contributed by atoms with Gasteiger partial charge in [-0.1, -0.05) is 76.5 Å². The molecule has 0 spiro atoms. The molecule has 0 bridgehead atoms. The highest BCUT2D eigenvalue weighted by atomic mass is 79.9. The van der Waals surface area contributed by atoms with Crippen LogP contribution in [0.4, 0.5) is 5.69 Å². The third-order valence-corrected chi connectivity index (χ3v) is 5.51. The molecule has 0 unspecified atom stereocenters. The fourth-order valence-corrected chi connectivity index (χ4v) is 4.01. The lowest BCUT2D eigenvalue weighted by Gasteiger charge is -2.10. The number of carbonyl (C=O) groups excluding carboxylic acids is 1. The summed E-state index contributed by atoms with van der Waals surface area (Å²) in [5.41, 5.74) is 1.60. The number of aromatic nitrogens is 3. The number of benzene rings is 2. The standard InChI is InChI=1S/C19H18BrClN4OS/c1-2-10-25-18(13-6-4-3-5-7-13)23-24-19(25)27-12-17(26)22-16-9-8-14(20)11-15(16)21/h3-9,11H,2,10,12H2,1H3,(H,22,26). The Kier molecular flexibility index (Phi) is 6.93. The maximum atomic E-state index is 12.3. The van der Waals surface area contributed by atoms with Gasteiger partial charge in [-0.05, 0) is 24.6 Å². The van der Waals surface area contributed by atoms with E-state index in [-0.39, 0.29) is 11.7 Å². The van der Waals surface area contributed by atoms with Crippen LogP contribution in [0.1, 0.15) is 13.3 Å². The molecule has 1 heterocycles. The maximum Gasteiger partial charge on any atom is 0.234 e. The molecule has 1 N–H and O–H groups in total. The second kappa shape index (κ2) is 9.39. The number of nitrogens with one attached hydrogen (secondary N) is 1. The lowest BCUT2D eigenvalue weighted by Crippen LogP contribution is -2.15. The number of anilines is 1. The van der Waals surface area contributed by atoms with Crippen molar-refractivity contribution >= 4 is 50.9 Å². The van der Waals surface area contributed by atoms with Crippen LogP contribution in [-0.4, -0.2) is 26.4 Å². The highest BCUT2D eigenvalue weighted by Crippen LogP contribution is 2.27. The molecule has 0 radical (unpaired) electrons. The van der Waals surface area contributed by atoms with Gasteiger partial charge in [-0.3, -0.25) is 4.79 Å². The van der Waals surface area contributed by atoms with Crippen molar-refractivity contribution in [3.8, 4) is 11.4 Å². The van der Waals surface area contributed by atoms with E-state index in [1.807, 2.05) is 36.4 Å². The van der Waals surface area contributed by atoms with Gasteiger partial charge in [0.2, 0.25) is 5.91 Å². The second-order valence-electron chi connectivity index (χ2n) is 5.78. The van der Waals surface area contributed by atoms with Gasteiger partial charge in [0.05, 0.1) is 16.5 Å². The summed E-state index contributed by atoms with van der Waals surface area (Å²) in [6, 6.07) is 15.3. The van der Waals surface area contributed by atoms with Crippen molar-refractivity contribution in [1.29, 1.82) is 0 Å². The van der Waals surface area contributed by atoms with Crippen molar-refractivity contribution in [2.75, 3.05) is 11.1 Å². The number of hydrogen-bond donors (Lipinski definition) is 1. The van der Waals surface area contributed by atoms with E-state index in [2.05, 4.69) is 42.9 Å². The van der Waals surface area contributed by atoms with Crippen LogP contribution < -0.4 is 5.32 Å². The molecule has 3 rings (SSSR count). The van der Waals surface area contributed by atoms with Gasteiger partial charge in [-0.2, -0.15) is 0 Å². The molecule has 0 aliphatic heterocycles. The molecule has 0 aliphatic carbocycles. The molecular formula is C19H18BrClN4OS. The summed E-state index contributed by atoms with van der Waals surface area (Å²) < 4.78 is 2.92. The van der Waals surface area contributed by atoms with E-state index in [4.69, 9.17) is 11.6 Å². The Labute approximate surface area is 175 Å². The van der Waals surface area contributed by atoms with Gasteiger partial charge >= 0.3 is 0 Å². The summed E-state index contributed by atoms with van der Waals surface area (Å²) in [6.45, 7) is 2.89. The molecule has 5 nitrogen and oxygen atoms in total. The van der Waals surface area contributed by atoms with Crippen LogP contribution >= 0.6 is 39.3 Å². The van der Waals surface area contributed by atoms with Crippen LogP contribution in [0.25, 0.3) is 11.4 Å². The fourth-order valence-electron chi connectivity index (χ4n) is 2.53. The number of thioether (sulfide) groups is 1. The first kappa shape index (κ1) is 19.9. The van der Waals surface area contributed by atoms with Crippen molar-refractivity contribution in [3.05, 3.63) is 58.0 Å². The average Bonchev–Trinajstić information content (AvgIpc) is 3.06. The Morgan fingerprint density at radius 2 is 2.00 bits per heavy atom. The number of carbonyl (C=O) groups is 1. The fraction of sp³-hybridized carbons (Fsp3) is 0.211. The third-order valence-electron chi connectivity index (χ3n) is 3.73. The van der Waals surface area contributed by atoms with Gasteiger partial charge in [0, 0.05) is 16.6 Å². The molecule has 0 saturated carbocycles. The second-order valence-corrected chi connectivity index (χ2v) is 8.05.